The molecule has 0 saturated carbocycles. The van der Waals surface area contributed by atoms with Gasteiger partial charge in [0.05, 0.1) is 5.56 Å². The van der Waals surface area contributed by atoms with E-state index in [2.05, 4.69) is 26.5 Å². The number of halogens is 3. The van der Waals surface area contributed by atoms with Crippen molar-refractivity contribution in [1.82, 2.24) is 0 Å². The molecular formula is C16H23F3S2. The van der Waals surface area contributed by atoms with Gasteiger partial charge in [0.1, 0.15) is 0 Å². The Morgan fingerprint density at radius 3 is 2.19 bits per heavy atom. The molecule has 5 heteroatoms. The standard InChI is InChI=1S/C16H23F3S2/c1-3-8-15(11-20,9-4-2)12-21-14-7-5-6-13(10-14)16(17,18)19/h5-7,10,20H,3-4,8-9,11-12H2,1-2H3. The van der Waals surface area contributed by atoms with Gasteiger partial charge in [0.2, 0.25) is 0 Å². The van der Waals surface area contributed by atoms with Crippen molar-refractivity contribution >= 4 is 24.4 Å². The number of alkyl halides is 3. The van der Waals surface area contributed by atoms with Crippen molar-refractivity contribution in [2.45, 2.75) is 50.6 Å². The molecule has 0 nitrogen and oxygen atoms in total. The Bertz CT molecular complexity index is 424. The lowest BCUT2D eigenvalue weighted by molar-refractivity contribution is -0.137. The predicted octanol–water partition coefficient (Wildman–Crippen LogP) is 6.31. The second-order valence-corrected chi connectivity index (χ2v) is 6.84. The molecule has 1 rings (SSSR count). The summed E-state index contributed by atoms with van der Waals surface area (Å²) in [7, 11) is 0. The highest BCUT2D eigenvalue weighted by molar-refractivity contribution is 7.99. The average molecular weight is 336 g/mol. The van der Waals surface area contributed by atoms with Crippen LogP contribution in [0.5, 0.6) is 0 Å². The van der Waals surface area contributed by atoms with Gasteiger partial charge >= 0.3 is 6.18 Å². The molecule has 0 atom stereocenters. The van der Waals surface area contributed by atoms with Gasteiger partial charge in [-0.3, -0.25) is 0 Å². The summed E-state index contributed by atoms with van der Waals surface area (Å²) in [4.78, 5) is 0.684. The third-order valence-corrected chi connectivity index (χ3v) is 5.62. The van der Waals surface area contributed by atoms with E-state index in [0.29, 0.717) is 4.90 Å². The topological polar surface area (TPSA) is 0 Å². The molecule has 0 amide bonds. The van der Waals surface area contributed by atoms with Crippen LogP contribution in [0, 0.1) is 5.41 Å². The molecule has 0 N–H and O–H groups in total. The van der Waals surface area contributed by atoms with Crippen LogP contribution in [0.2, 0.25) is 0 Å². The lowest BCUT2D eigenvalue weighted by atomic mass is 9.83. The average Bonchev–Trinajstić information content (AvgIpc) is 2.45. The Kier molecular flexibility index (Phi) is 7.48. The van der Waals surface area contributed by atoms with E-state index in [1.807, 2.05) is 0 Å². The molecule has 0 unspecified atom stereocenters. The van der Waals surface area contributed by atoms with Crippen LogP contribution < -0.4 is 0 Å². The number of thioether (sulfide) groups is 1. The Labute approximate surface area is 135 Å². The number of benzene rings is 1. The number of thiol groups is 1. The minimum absolute atomic E-state index is 0.117. The van der Waals surface area contributed by atoms with Crippen molar-refractivity contribution in [3.05, 3.63) is 29.8 Å². The minimum atomic E-state index is -4.27. The fourth-order valence-electron chi connectivity index (χ4n) is 2.53. The van der Waals surface area contributed by atoms with Crippen LogP contribution >= 0.6 is 24.4 Å². The smallest absolute Gasteiger partial charge is 0.179 e. The van der Waals surface area contributed by atoms with Crippen molar-refractivity contribution < 1.29 is 13.2 Å². The third kappa shape index (κ3) is 5.78. The van der Waals surface area contributed by atoms with Gasteiger partial charge in [-0.1, -0.05) is 32.8 Å². The monoisotopic (exact) mass is 336 g/mol. The molecule has 1 aromatic rings. The molecule has 0 spiro atoms. The van der Waals surface area contributed by atoms with E-state index in [0.717, 1.165) is 43.3 Å². The highest BCUT2D eigenvalue weighted by Crippen LogP contribution is 2.38. The van der Waals surface area contributed by atoms with Crippen molar-refractivity contribution in [2.75, 3.05) is 11.5 Å². The lowest BCUT2D eigenvalue weighted by Gasteiger charge is -2.31. The SMILES string of the molecule is CCCC(CS)(CCC)CSc1cccc(C(F)(F)F)c1. The van der Waals surface area contributed by atoms with Gasteiger partial charge in [0, 0.05) is 10.6 Å². The number of rotatable bonds is 8. The number of hydrogen-bond donors (Lipinski definition) is 1. The summed E-state index contributed by atoms with van der Waals surface area (Å²) in [5.41, 5.74) is -0.458. The Balaban J connectivity index is 2.80. The molecule has 0 heterocycles. The summed E-state index contributed by atoms with van der Waals surface area (Å²) < 4.78 is 38.2. The summed E-state index contributed by atoms with van der Waals surface area (Å²) >= 11 is 6.00. The molecule has 0 aliphatic heterocycles. The summed E-state index contributed by atoms with van der Waals surface area (Å²) in [5.74, 6) is 1.60. The van der Waals surface area contributed by atoms with Crippen molar-refractivity contribution in [2.24, 2.45) is 5.41 Å². The van der Waals surface area contributed by atoms with E-state index in [1.165, 1.54) is 23.9 Å². The van der Waals surface area contributed by atoms with Crippen LogP contribution in [0.3, 0.4) is 0 Å². The zero-order valence-corrected chi connectivity index (χ0v) is 14.3. The first-order chi connectivity index (χ1) is 9.87. The minimum Gasteiger partial charge on any atom is -0.179 e. The van der Waals surface area contributed by atoms with E-state index in [4.69, 9.17) is 0 Å². The fraction of sp³-hybridized carbons (Fsp3) is 0.625. The van der Waals surface area contributed by atoms with Crippen LogP contribution in [0.25, 0.3) is 0 Å². The van der Waals surface area contributed by atoms with E-state index in [1.54, 1.807) is 6.07 Å². The number of hydrogen-bond acceptors (Lipinski definition) is 2. The van der Waals surface area contributed by atoms with Crippen LogP contribution in [-0.4, -0.2) is 11.5 Å². The second kappa shape index (κ2) is 8.37. The third-order valence-electron chi connectivity index (χ3n) is 3.60. The first kappa shape index (κ1) is 18.8. The van der Waals surface area contributed by atoms with E-state index >= 15 is 0 Å². The molecule has 0 bridgehead atoms. The van der Waals surface area contributed by atoms with E-state index < -0.39 is 11.7 Å². The van der Waals surface area contributed by atoms with Gasteiger partial charge in [-0.25, -0.2) is 0 Å². The summed E-state index contributed by atoms with van der Waals surface area (Å²) in [6, 6.07) is 5.59. The van der Waals surface area contributed by atoms with Gasteiger partial charge in [-0.05, 0) is 42.2 Å². The highest BCUT2D eigenvalue weighted by Gasteiger charge is 2.31. The highest BCUT2D eigenvalue weighted by atomic mass is 32.2. The lowest BCUT2D eigenvalue weighted by Crippen LogP contribution is -2.25. The van der Waals surface area contributed by atoms with Crippen molar-refractivity contribution in [1.29, 1.82) is 0 Å². The maximum Gasteiger partial charge on any atom is 0.416 e. The van der Waals surface area contributed by atoms with E-state index in [-0.39, 0.29) is 5.41 Å². The quantitative estimate of drug-likeness (QED) is 0.428. The van der Waals surface area contributed by atoms with Gasteiger partial charge in [-0.2, -0.15) is 25.8 Å². The van der Waals surface area contributed by atoms with Crippen LogP contribution in [0.4, 0.5) is 13.2 Å². The molecule has 0 aliphatic rings. The normalized spacial score (nSPS) is 12.7. The molecular weight excluding hydrogens is 313 g/mol. The summed E-state index contributed by atoms with van der Waals surface area (Å²) in [5, 5.41) is 0. The van der Waals surface area contributed by atoms with Crippen LogP contribution in [0.15, 0.2) is 29.2 Å². The van der Waals surface area contributed by atoms with Gasteiger partial charge in [0.25, 0.3) is 0 Å². The van der Waals surface area contributed by atoms with Crippen molar-refractivity contribution in [3.63, 3.8) is 0 Å². The summed E-state index contributed by atoms with van der Waals surface area (Å²) in [6.07, 6.45) is 0.00403. The first-order valence-corrected chi connectivity index (χ1v) is 8.89. The van der Waals surface area contributed by atoms with Crippen LogP contribution in [-0.2, 0) is 6.18 Å². The molecule has 0 saturated heterocycles. The zero-order chi connectivity index (χ0) is 15.9. The fourth-order valence-corrected chi connectivity index (χ4v) is 4.36. The largest absolute Gasteiger partial charge is 0.416 e. The molecule has 0 fully saturated rings. The Morgan fingerprint density at radius 1 is 1.10 bits per heavy atom. The molecule has 21 heavy (non-hydrogen) atoms. The Hall–Kier alpha value is -0.290. The molecule has 1 aromatic carbocycles. The van der Waals surface area contributed by atoms with Crippen molar-refractivity contribution in [3.8, 4) is 0 Å². The van der Waals surface area contributed by atoms with Gasteiger partial charge in [-0.15, -0.1) is 11.8 Å². The maximum absolute atomic E-state index is 12.7. The molecule has 120 valence electrons. The molecule has 0 aliphatic carbocycles. The van der Waals surface area contributed by atoms with Crippen LogP contribution in [0.1, 0.15) is 45.1 Å². The molecule has 0 radical (unpaired) electrons. The van der Waals surface area contributed by atoms with Gasteiger partial charge in [0.15, 0.2) is 0 Å². The predicted molar refractivity (Wildman–Crippen MR) is 88.3 cm³/mol. The zero-order valence-electron chi connectivity index (χ0n) is 12.5. The van der Waals surface area contributed by atoms with Gasteiger partial charge < -0.3 is 0 Å². The van der Waals surface area contributed by atoms with E-state index in [9.17, 15) is 13.2 Å². The second-order valence-electron chi connectivity index (χ2n) is 5.47. The molecule has 0 aromatic heterocycles. The maximum atomic E-state index is 12.7. The first-order valence-electron chi connectivity index (χ1n) is 7.28. The summed E-state index contributed by atoms with van der Waals surface area (Å²) in [6.45, 7) is 4.28. The Morgan fingerprint density at radius 2 is 1.71 bits per heavy atom.